The van der Waals surface area contributed by atoms with Crippen LogP contribution in [0, 0.1) is 10.8 Å². The van der Waals surface area contributed by atoms with Crippen LogP contribution in [0.15, 0.2) is 0 Å². The van der Waals surface area contributed by atoms with Crippen LogP contribution < -0.4 is 5.73 Å². The van der Waals surface area contributed by atoms with Crippen molar-refractivity contribution in [2.75, 3.05) is 13.1 Å². The van der Waals surface area contributed by atoms with Crippen molar-refractivity contribution in [1.29, 1.82) is 0 Å². The number of nitrogens with two attached hydrogens (primary N) is 1. The first-order valence-electron chi connectivity index (χ1n) is 7.79. The first-order chi connectivity index (χ1) is 9.48. The predicted molar refractivity (Wildman–Crippen MR) is 82.8 cm³/mol. The van der Waals surface area contributed by atoms with Gasteiger partial charge in [0, 0.05) is 18.6 Å². The zero-order valence-corrected chi connectivity index (χ0v) is 14.0. The van der Waals surface area contributed by atoms with Crippen LogP contribution >= 0.6 is 0 Å². The summed E-state index contributed by atoms with van der Waals surface area (Å²) in [6.45, 7) is 10.4. The van der Waals surface area contributed by atoms with Crippen molar-refractivity contribution in [1.82, 2.24) is 4.90 Å². The molecule has 0 unspecified atom stereocenters. The van der Waals surface area contributed by atoms with Gasteiger partial charge in [-0.25, -0.2) is 0 Å². The Morgan fingerprint density at radius 2 is 1.67 bits per heavy atom. The van der Waals surface area contributed by atoms with E-state index in [-0.39, 0.29) is 5.91 Å². The second kappa shape index (κ2) is 5.95. The van der Waals surface area contributed by atoms with E-state index in [4.69, 9.17) is 5.73 Å². The highest BCUT2D eigenvalue weighted by molar-refractivity contribution is 5.84. The van der Waals surface area contributed by atoms with Crippen LogP contribution in [0.4, 0.5) is 0 Å². The highest BCUT2D eigenvalue weighted by Crippen LogP contribution is 2.39. The summed E-state index contributed by atoms with van der Waals surface area (Å²) in [6.07, 6.45) is 2.59. The Hall–Kier alpha value is -1.10. The number of hydrogen-bond donors (Lipinski definition) is 2. The van der Waals surface area contributed by atoms with Gasteiger partial charge in [-0.3, -0.25) is 9.59 Å². The molecule has 0 aliphatic carbocycles. The standard InChI is InChI=1S/C16H30N2O3/c1-6-7-16(13(20)21)8-10-18(11-9-16)12(19)14(2,3)15(4,5)17/h6-11,17H2,1-5H3,(H,20,21). The number of carboxylic acids is 1. The average Bonchev–Trinajstić information content (AvgIpc) is 2.37. The summed E-state index contributed by atoms with van der Waals surface area (Å²) in [7, 11) is 0. The van der Waals surface area contributed by atoms with Crippen LogP contribution in [-0.2, 0) is 9.59 Å². The number of rotatable bonds is 5. The minimum Gasteiger partial charge on any atom is -0.481 e. The first kappa shape index (κ1) is 18.0. The van der Waals surface area contributed by atoms with E-state index in [2.05, 4.69) is 0 Å². The highest BCUT2D eigenvalue weighted by atomic mass is 16.4. The fourth-order valence-electron chi connectivity index (χ4n) is 2.86. The molecule has 0 saturated carbocycles. The summed E-state index contributed by atoms with van der Waals surface area (Å²) in [4.78, 5) is 26.1. The Kier molecular flexibility index (Phi) is 5.09. The predicted octanol–water partition coefficient (Wildman–Crippen LogP) is 2.24. The summed E-state index contributed by atoms with van der Waals surface area (Å²) in [5.74, 6) is -0.708. The molecular formula is C16H30N2O3. The number of hydrogen-bond acceptors (Lipinski definition) is 3. The van der Waals surface area contributed by atoms with Crippen LogP contribution in [0.3, 0.4) is 0 Å². The summed E-state index contributed by atoms with van der Waals surface area (Å²) in [5, 5.41) is 9.51. The Morgan fingerprint density at radius 1 is 1.19 bits per heavy atom. The van der Waals surface area contributed by atoms with Gasteiger partial charge < -0.3 is 15.7 Å². The van der Waals surface area contributed by atoms with E-state index >= 15 is 0 Å². The Labute approximate surface area is 127 Å². The summed E-state index contributed by atoms with van der Waals surface area (Å²) in [5.41, 5.74) is 4.19. The molecule has 0 spiro atoms. The van der Waals surface area contributed by atoms with Crippen LogP contribution in [-0.4, -0.2) is 40.5 Å². The van der Waals surface area contributed by atoms with Crippen molar-refractivity contribution in [2.45, 2.75) is 65.8 Å². The summed E-state index contributed by atoms with van der Waals surface area (Å²) < 4.78 is 0. The fraction of sp³-hybridized carbons (Fsp3) is 0.875. The lowest BCUT2D eigenvalue weighted by Gasteiger charge is -2.45. The minimum absolute atomic E-state index is 0.0190. The largest absolute Gasteiger partial charge is 0.481 e. The quantitative estimate of drug-likeness (QED) is 0.815. The molecule has 5 heteroatoms. The Balaban J connectivity index is 2.81. The lowest BCUT2D eigenvalue weighted by molar-refractivity contribution is -0.157. The Morgan fingerprint density at radius 3 is 2.00 bits per heavy atom. The van der Waals surface area contributed by atoms with Gasteiger partial charge in [0.15, 0.2) is 0 Å². The Bertz CT molecular complexity index is 402. The van der Waals surface area contributed by atoms with Crippen LogP contribution in [0.2, 0.25) is 0 Å². The van der Waals surface area contributed by atoms with Gasteiger partial charge >= 0.3 is 5.97 Å². The number of likely N-dealkylation sites (tertiary alicyclic amines) is 1. The van der Waals surface area contributed by atoms with Crippen LogP contribution in [0.5, 0.6) is 0 Å². The smallest absolute Gasteiger partial charge is 0.309 e. The van der Waals surface area contributed by atoms with E-state index in [0.717, 1.165) is 6.42 Å². The molecule has 1 heterocycles. The van der Waals surface area contributed by atoms with Gasteiger partial charge in [-0.05, 0) is 47.0 Å². The van der Waals surface area contributed by atoms with Gasteiger partial charge in [0.1, 0.15) is 0 Å². The van der Waals surface area contributed by atoms with Crippen molar-refractivity contribution in [3.63, 3.8) is 0 Å². The molecule has 0 aromatic rings. The number of carbonyl (C=O) groups excluding carboxylic acids is 1. The van der Waals surface area contributed by atoms with Gasteiger partial charge in [-0.2, -0.15) is 0 Å². The molecular weight excluding hydrogens is 268 g/mol. The third kappa shape index (κ3) is 3.39. The molecule has 0 radical (unpaired) electrons. The van der Waals surface area contributed by atoms with Gasteiger partial charge in [0.05, 0.1) is 10.8 Å². The second-order valence-corrected chi connectivity index (χ2v) is 7.47. The highest BCUT2D eigenvalue weighted by Gasteiger charge is 2.46. The number of carbonyl (C=O) groups is 2. The number of nitrogens with zero attached hydrogens (tertiary/aromatic N) is 1. The maximum atomic E-state index is 12.7. The molecule has 0 atom stereocenters. The van der Waals surface area contributed by atoms with Crippen molar-refractivity contribution >= 4 is 11.9 Å². The van der Waals surface area contributed by atoms with E-state index in [1.54, 1.807) is 4.90 Å². The summed E-state index contributed by atoms with van der Waals surface area (Å²) in [6, 6.07) is 0. The molecule has 1 aliphatic heterocycles. The average molecular weight is 298 g/mol. The van der Waals surface area contributed by atoms with E-state index in [1.807, 2.05) is 34.6 Å². The molecule has 1 amide bonds. The molecule has 1 aliphatic rings. The van der Waals surface area contributed by atoms with Gasteiger partial charge in [-0.1, -0.05) is 13.3 Å². The molecule has 1 fully saturated rings. The monoisotopic (exact) mass is 298 g/mol. The van der Waals surface area contributed by atoms with E-state index < -0.39 is 22.3 Å². The first-order valence-corrected chi connectivity index (χ1v) is 7.79. The molecule has 1 rings (SSSR count). The molecule has 1 saturated heterocycles. The number of amides is 1. The topological polar surface area (TPSA) is 83.6 Å². The van der Waals surface area contributed by atoms with Crippen molar-refractivity contribution < 1.29 is 14.7 Å². The second-order valence-electron chi connectivity index (χ2n) is 7.47. The molecule has 5 nitrogen and oxygen atoms in total. The third-order valence-electron chi connectivity index (χ3n) is 5.34. The van der Waals surface area contributed by atoms with Crippen molar-refractivity contribution in [3.8, 4) is 0 Å². The zero-order chi connectivity index (χ0) is 16.5. The van der Waals surface area contributed by atoms with Gasteiger partial charge in [-0.15, -0.1) is 0 Å². The zero-order valence-electron chi connectivity index (χ0n) is 14.0. The fourth-order valence-corrected chi connectivity index (χ4v) is 2.86. The molecule has 3 N–H and O–H groups in total. The maximum Gasteiger partial charge on any atom is 0.309 e. The van der Waals surface area contributed by atoms with E-state index in [0.29, 0.717) is 32.4 Å². The van der Waals surface area contributed by atoms with Crippen molar-refractivity contribution in [2.24, 2.45) is 16.6 Å². The van der Waals surface area contributed by atoms with Crippen molar-refractivity contribution in [3.05, 3.63) is 0 Å². The molecule has 21 heavy (non-hydrogen) atoms. The van der Waals surface area contributed by atoms with Crippen LogP contribution in [0.1, 0.15) is 60.3 Å². The molecule has 122 valence electrons. The summed E-state index contributed by atoms with van der Waals surface area (Å²) >= 11 is 0. The van der Waals surface area contributed by atoms with Gasteiger partial charge in [0.25, 0.3) is 0 Å². The third-order valence-corrected chi connectivity index (χ3v) is 5.34. The molecule has 0 aromatic carbocycles. The normalized spacial score (nSPS) is 19.4. The molecule has 0 bridgehead atoms. The SMILES string of the molecule is CCCC1(C(=O)O)CCN(C(=O)C(C)(C)C(C)(C)N)CC1. The number of aliphatic carboxylic acids is 1. The lowest BCUT2D eigenvalue weighted by Crippen LogP contribution is -2.58. The van der Waals surface area contributed by atoms with E-state index in [9.17, 15) is 14.7 Å². The lowest BCUT2D eigenvalue weighted by atomic mass is 9.72. The number of piperidine rings is 1. The number of carboxylic acid groups (broad SMARTS) is 1. The van der Waals surface area contributed by atoms with Gasteiger partial charge in [0.2, 0.25) is 5.91 Å². The minimum atomic E-state index is -0.727. The maximum absolute atomic E-state index is 12.7. The molecule has 0 aromatic heterocycles. The van der Waals surface area contributed by atoms with Crippen LogP contribution in [0.25, 0.3) is 0 Å². The van der Waals surface area contributed by atoms with E-state index in [1.165, 1.54) is 0 Å².